The number of carbonyl (C=O) groups is 1. The van der Waals surface area contributed by atoms with E-state index in [0.717, 1.165) is 44.9 Å². The number of phosphoric ester groups is 1. The first-order chi connectivity index (χ1) is 34.0. The number of nitrogens with zero attached hydrogens (tertiary/aromatic N) is 1. The van der Waals surface area contributed by atoms with Gasteiger partial charge in [0, 0.05) is 6.42 Å². The molecule has 0 aliphatic carbocycles. The minimum atomic E-state index is -4.36. The number of aliphatic hydroxyl groups excluding tert-OH is 1. The number of aliphatic hydroxyl groups is 1. The molecule has 0 saturated carbocycles. The third-order valence-corrected chi connectivity index (χ3v) is 14.8. The molecule has 414 valence electrons. The van der Waals surface area contributed by atoms with E-state index in [2.05, 4.69) is 43.5 Å². The van der Waals surface area contributed by atoms with Crippen molar-refractivity contribution in [3.05, 3.63) is 36.5 Å². The van der Waals surface area contributed by atoms with E-state index in [1.54, 1.807) is 6.08 Å². The van der Waals surface area contributed by atoms with Crippen molar-refractivity contribution in [2.75, 3.05) is 40.9 Å². The van der Waals surface area contributed by atoms with E-state index in [9.17, 15) is 19.4 Å². The van der Waals surface area contributed by atoms with Gasteiger partial charge in [-0.05, 0) is 44.9 Å². The summed E-state index contributed by atoms with van der Waals surface area (Å²) in [6.07, 6.45) is 68.3. The first kappa shape index (κ1) is 68.7. The van der Waals surface area contributed by atoms with Gasteiger partial charge in [-0.3, -0.25) is 13.8 Å². The molecule has 0 spiro atoms. The van der Waals surface area contributed by atoms with Crippen LogP contribution in [0.1, 0.15) is 296 Å². The van der Waals surface area contributed by atoms with Gasteiger partial charge in [-0.1, -0.05) is 281 Å². The number of unbranched alkanes of at least 4 members (excludes halogenated alkanes) is 39. The van der Waals surface area contributed by atoms with E-state index in [-0.39, 0.29) is 19.1 Å². The van der Waals surface area contributed by atoms with Gasteiger partial charge >= 0.3 is 7.82 Å². The number of likely N-dealkylation sites (N-methyl/N-ethyl adjacent to an activating group) is 1. The average molecular weight is 1010 g/mol. The predicted molar refractivity (Wildman–Crippen MR) is 304 cm³/mol. The highest BCUT2D eigenvalue weighted by molar-refractivity contribution is 7.47. The number of hydrogen-bond acceptors (Lipinski definition) is 5. The lowest BCUT2D eigenvalue weighted by Crippen LogP contribution is -2.45. The molecule has 0 aliphatic heterocycles. The average Bonchev–Trinajstić information content (AvgIpc) is 3.32. The van der Waals surface area contributed by atoms with Crippen LogP contribution in [0.15, 0.2) is 36.5 Å². The van der Waals surface area contributed by atoms with E-state index in [0.29, 0.717) is 17.4 Å². The van der Waals surface area contributed by atoms with Crippen molar-refractivity contribution in [3.8, 4) is 0 Å². The van der Waals surface area contributed by atoms with E-state index >= 15 is 0 Å². The molecule has 1 amide bonds. The fraction of sp³-hybridized carbons (Fsp3) is 0.885. The van der Waals surface area contributed by atoms with Crippen LogP contribution in [-0.4, -0.2) is 73.4 Å². The summed E-state index contributed by atoms with van der Waals surface area (Å²) >= 11 is 0. The van der Waals surface area contributed by atoms with Crippen LogP contribution in [0.3, 0.4) is 0 Å². The molecule has 0 saturated heterocycles. The molecule has 70 heavy (non-hydrogen) atoms. The Bertz CT molecular complexity index is 1230. The molecule has 3 atom stereocenters. The molecular weight excluding hydrogens is 888 g/mol. The van der Waals surface area contributed by atoms with E-state index in [1.165, 1.54) is 231 Å². The topological polar surface area (TPSA) is 105 Å². The number of phosphoric acid groups is 1. The summed E-state index contributed by atoms with van der Waals surface area (Å²) < 4.78 is 23.7. The van der Waals surface area contributed by atoms with Crippen molar-refractivity contribution in [3.63, 3.8) is 0 Å². The van der Waals surface area contributed by atoms with Crippen LogP contribution in [0.2, 0.25) is 0 Å². The van der Waals surface area contributed by atoms with Gasteiger partial charge in [0.25, 0.3) is 0 Å². The maximum atomic E-state index is 13.0. The fourth-order valence-corrected chi connectivity index (χ4v) is 9.81. The lowest BCUT2D eigenvalue weighted by Gasteiger charge is -2.25. The minimum absolute atomic E-state index is 0.0552. The Morgan fingerprint density at radius 1 is 0.471 bits per heavy atom. The van der Waals surface area contributed by atoms with E-state index in [4.69, 9.17) is 9.05 Å². The molecule has 0 aromatic carbocycles. The Balaban J connectivity index is 4.23. The van der Waals surface area contributed by atoms with Gasteiger partial charge in [0.1, 0.15) is 13.2 Å². The predicted octanol–water partition coefficient (Wildman–Crippen LogP) is 18.5. The Hall–Kier alpha value is -1.28. The highest BCUT2D eigenvalue weighted by atomic mass is 31.2. The van der Waals surface area contributed by atoms with Gasteiger partial charge in [-0.25, -0.2) is 4.57 Å². The van der Waals surface area contributed by atoms with Gasteiger partial charge in [0.05, 0.1) is 39.9 Å². The quantitative estimate of drug-likeness (QED) is 0.0243. The van der Waals surface area contributed by atoms with Crippen molar-refractivity contribution in [2.45, 2.75) is 309 Å². The molecule has 0 aromatic heterocycles. The summed E-state index contributed by atoms with van der Waals surface area (Å²) in [5, 5.41) is 13.9. The van der Waals surface area contributed by atoms with Gasteiger partial charge in [-0.2, -0.15) is 0 Å². The van der Waals surface area contributed by atoms with Crippen LogP contribution in [0.5, 0.6) is 0 Å². The molecule has 0 heterocycles. The van der Waals surface area contributed by atoms with Gasteiger partial charge < -0.3 is 19.8 Å². The molecule has 0 rings (SSSR count). The number of amides is 1. The molecular formula is C61H120N2O6P+. The summed E-state index contributed by atoms with van der Waals surface area (Å²) in [6, 6.07) is -0.868. The summed E-state index contributed by atoms with van der Waals surface area (Å²) in [5.41, 5.74) is 0. The fourth-order valence-electron chi connectivity index (χ4n) is 9.08. The summed E-state index contributed by atoms with van der Waals surface area (Å²) in [7, 11) is 1.56. The molecule has 0 radical (unpaired) electrons. The molecule has 0 fully saturated rings. The molecule has 0 aromatic rings. The summed E-state index contributed by atoms with van der Waals surface area (Å²) in [5.74, 6) is -0.185. The number of quaternary nitrogens is 1. The largest absolute Gasteiger partial charge is 0.472 e. The summed E-state index contributed by atoms with van der Waals surface area (Å²) in [6.45, 7) is 4.83. The number of carbonyl (C=O) groups excluding carboxylic acids is 1. The Labute approximate surface area is 436 Å². The zero-order valence-corrected chi connectivity index (χ0v) is 48.2. The molecule has 3 N–H and O–H groups in total. The smallest absolute Gasteiger partial charge is 0.387 e. The zero-order chi connectivity index (χ0) is 51.3. The zero-order valence-electron chi connectivity index (χ0n) is 47.3. The van der Waals surface area contributed by atoms with Crippen molar-refractivity contribution < 1.29 is 32.9 Å². The Kier molecular flexibility index (Phi) is 51.6. The number of rotatable bonds is 56. The molecule has 9 heteroatoms. The van der Waals surface area contributed by atoms with Crippen molar-refractivity contribution in [2.24, 2.45) is 0 Å². The van der Waals surface area contributed by atoms with Gasteiger partial charge in [0.2, 0.25) is 5.91 Å². The van der Waals surface area contributed by atoms with Crippen molar-refractivity contribution >= 4 is 13.7 Å². The standard InChI is InChI=1S/C61H119N2O6P/c1-6-8-10-12-14-16-18-20-22-24-26-28-29-30-31-32-33-35-36-38-40-42-44-46-48-50-52-54-60(64)59(58-69-70(66,67)68-57-56-63(3,4)5)62-61(65)55-53-51-49-47-45-43-41-39-37-34-27-25-23-21-19-17-15-13-11-9-7-2/h36,38,44,46,52,54,59-60,64H,6-35,37,39-43,45,47-51,53,55-58H2,1-5H3,(H-,62,65,66,67)/p+1/b38-36+,46-44+,54-52+. The highest BCUT2D eigenvalue weighted by Gasteiger charge is 2.27. The normalized spacial score (nSPS) is 14.1. The third-order valence-electron chi connectivity index (χ3n) is 13.8. The van der Waals surface area contributed by atoms with Crippen LogP contribution in [0, 0.1) is 0 Å². The molecule has 3 unspecified atom stereocenters. The van der Waals surface area contributed by atoms with Crippen LogP contribution >= 0.6 is 7.82 Å². The molecule has 0 aliphatic rings. The monoisotopic (exact) mass is 1010 g/mol. The number of hydrogen-bond donors (Lipinski definition) is 3. The van der Waals surface area contributed by atoms with Crippen LogP contribution < -0.4 is 5.32 Å². The first-order valence-corrected chi connectivity index (χ1v) is 31.9. The van der Waals surface area contributed by atoms with Crippen LogP contribution in [0.25, 0.3) is 0 Å². The number of allylic oxidation sites excluding steroid dienone is 5. The van der Waals surface area contributed by atoms with Crippen LogP contribution in [-0.2, 0) is 18.4 Å². The van der Waals surface area contributed by atoms with Gasteiger partial charge in [0.15, 0.2) is 0 Å². The Morgan fingerprint density at radius 2 is 0.786 bits per heavy atom. The van der Waals surface area contributed by atoms with Crippen LogP contribution in [0.4, 0.5) is 0 Å². The second-order valence-electron chi connectivity index (χ2n) is 22.1. The SMILES string of the molecule is CCCCCCCCCCCCCCCCCCC/C=C/CC/C=C/CC/C=C/C(O)C(COP(=O)(O)OCC[N+](C)(C)C)NC(=O)CCCCCCCCCCCCCCCCCCCCCCC. The van der Waals surface area contributed by atoms with Crippen molar-refractivity contribution in [1.29, 1.82) is 0 Å². The maximum Gasteiger partial charge on any atom is 0.472 e. The second-order valence-corrected chi connectivity index (χ2v) is 23.5. The lowest BCUT2D eigenvalue weighted by molar-refractivity contribution is -0.870. The summed E-state index contributed by atoms with van der Waals surface area (Å²) in [4.78, 5) is 23.3. The molecule has 8 nitrogen and oxygen atoms in total. The van der Waals surface area contributed by atoms with Crippen molar-refractivity contribution in [1.82, 2.24) is 5.32 Å². The van der Waals surface area contributed by atoms with Gasteiger partial charge in [-0.15, -0.1) is 0 Å². The highest BCUT2D eigenvalue weighted by Crippen LogP contribution is 2.43. The second kappa shape index (κ2) is 52.6. The van der Waals surface area contributed by atoms with E-state index in [1.807, 2.05) is 27.2 Å². The first-order valence-electron chi connectivity index (χ1n) is 30.4. The molecule has 0 bridgehead atoms. The maximum absolute atomic E-state index is 13.0. The van der Waals surface area contributed by atoms with E-state index < -0.39 is 20.0 Å². The number of nitrogens with one attached hydrogen (secondary N) is 1. The lowest BCUT2D eigenvalue weighted by atomic mass is 10.0. The Morgan fingerprint density at radius 3 is 1.14 bits per heavy atom. The minimum Gasteiger partial charge on any atom is -0.387 e. The third kappa shape index (κ3) is 54.5.